The van der Waals surface area contributed by atoms with Gasteiger partial charge in [0.25, 0.3) is 0 Å². The number of hydrogen-bond donors (Lipinski definition) is 1. The smallest absolute Gasteiger partial charge is 0.411 e. The fourth-order valence-corrected chi connectivity index (χ4v) is 5.57. The van der Waals surface area contributed by atoms with Gasteiger partial charge in [-0.25, -0.2) is 9.78 Å². The molecule has 0 radical (unpaired) electrons. The topological polar surface area (TPSA) is 76.7 Å². The molecule has 3 aromatic carbocycles. The Bertz CT molecular complexity index is 1520. The Morgan fingerprint density at radius 2 is 2.03 bits per heavy atom. The molecule has 1 saturated heterocycles. The monoisotopic (exact) mass is 519 g/mol. The van der Waals surface area contributed by atoms with Gasteiger partial charge in [-0.15, -0.1) is 0 Å². The minimum atomic E-state index is -0.585. The van der Waals surface area contributed by atoms with E-state index in [0.717, 1.165) is 50.1 Å². The number of aromatic amines is 1. The van der Waals surface area contributed by atoms with Gasteiger partial charge in [-0.2, -0.15) is 0 Å². The summed E-state index contributed by atoms with van der Waals surface area (Å²) in [5, 5.41) is 2.81. The molecule has 0 saturated carbocycles. The summed E-state index contributed by atoms with van der Waals surface area (Å²) in [6, 6.07) is 14.0. The molecule has 1 N–H and O–H groups in total. The third-order valence-corrected chi connectivity index (χ3v) is 7.18. The number of nitrogens with zero attached hydrogens (tertiary/aromatic N) is 2. The number of carbonyl (C=O) groups is 1. The first-order chi connectivity index (χ1) is 17.7. The zero-order valence-electron chi connectivity index (χ0n) is 21.4. The SMILES string of the molecule is CCO[C@H]1C[C@@H](c2nc3ccc4cc5c(cc4c3[nH]2)OCc2cc(Cl)ccc2-5)N(C(=O)OC(C)(C)C)C1. The lowest BCUT2D eigenvalue weighted by Crippen LogP contribution is -2.37. The Balaban J connectivity index is 1.41. The van der Waals surface area contributed by atoms with Crippen molar-refractivity contribution in [2.75, 3.05) is 13.2 Å². The fourth-order valence-electron chi connectivity index (χ4n) is 5.37. The van der Waals surface area contributed by atoms with E-state index in [1.54, 1.807) is 4.90 Å². The standard InChI is InChI=1S/C29H30ClN3O4/c1-5-35-19-12-24(33(14-19)28(34)37-29(2,3)4)27-31-23-9-6-16-11-22-20-8-7-18(30)10-17(20)15-36-25(22)13-21(16)26(23)32-27/h6-11,13,19,24H,5,12,14-15H2,1-4H3,(H,31,32)/t19-,24-/m0/s1. The Hall–Kier alpha value is -3.29. The molecule has 6 rings (SSSR count). The second-order valence-corrected chi connectivity index (χ2v) is 11.1. The van der Waals surface area contributed by atoms with Gasteiger partial charge in [-0.1, -0.05) is 23.7 Å². The van der Waals surface area contributed by atoms with Crippen molar-refractivity contribution >= 4 is 39.5 Å². The molecule has 0 aliphatic carbocycles. The van der Waals surface area contributed by atoms with E-state index in [-0.39, 0.29) is 18.2 Å². The lowest BCUT2D eigenvalue weighted by Gasteiger charge is -2.27. The average Bonchev–Trinajstić information content (AvgIpc) is 3.46. The van der Waals surface area contributed by atoms with Crippen LogP contribution in [-0.4, -0.2) is 45.8 Å². The summed E-state index contributed by atoms with van der Waals surface area (Å²) in [4.78, 5) is 23.3. The molecule has 4 aromatic rings. The number of amides is 1. The van der Waals surface area contributed by atoms with E-state index in [9.17, 15) is 4.79 Å². The highest BCUT2D eigenvalue weighted by Gasteiger charge is 2.40. The number of rotatable bonds is 3. The Morgan fingerprint density at radius 3 is 2.81 bits per heavy atom. The fraction of sp³-hybridized carbons (Fsp3) is 0.379. The van der Waals surface area contributed by atoms with Crippen LogP contribution < -0.4 is 4.74 Å². The normalized spacial score (nSPS) is 19.1. The first kappa shape index (κ1) is 24.1. The maximum Gasteiger partial charge on any atom is 0.411 e. The van der Waals surface area contributed by atoms with Crippen LogP contribution in [0.2, 0.25) is 5.02 Å². The van der Waals surface area contributed by atoms with Crippen molar-refractivity contribution in [1.29, 1.82) is 0 Å². The van der Waals surface area contributed by atoms with E-state index in [2.05, 4.69) is 29.2 Å². The van der Waals surface area contributed by atoms with Crippen LogP contribution in [0.25, 0.3) is 32.9 Å². The molecule has 7 nitrogen and oxygen atoms in total. The molecule has 1 amide bonds. The number of carbonyl (C=O) groups excluding carboxylic acids is 1. The van der Waals surface area contributed by atoms with Gasteiger partial charge in [-0.05, 0) is 74.5 Å². The summed E-state index contributed by atoms with van der Waals surface area (Å²) in [5.74, 6) is 1.56. The number of nitrogens with one attached hydrogen (secondary N) is 1. The number of H-pyrrole nitrogens is 1. The van der Waals surface area contributed by atoms with Crippen LogP contribution in [0, 0.1) is 0 Å². The van der Waals surface area contributed by atoms with Crippen molar-refractivity contribution in [3.05, 3.63) is 58.9 Å². The van der Waals surface area contributed by atoms with Crippen molar-refractivity contribution in [3.63, 3.8) is 0 Å². The molecule has 2 atom stereocenters. The molecule has 0 bridgehead atoms. The Labute approximate surface area is 220 Å². The zero-order chi connectivity index (χ0) is 25.9. The molecule has 8 heteroatoms. The van der Waals surface area contributed by atoms with Crippen molar-refractivity contribution in [1.82, 2.24) is 14.9 Å². The number of imidazole rings is 1. The molecule has 37 heavy (non-hydrogen) atoms. The van der Waals surface area contributed by atoms with Gasteiger partial charge in [0.05, 0.1) is 29.7 Å². The molecule has 192 valence electrons. The highest BCUT2D eigenvalue weighted by molar-refractivity contribution is 6.30. The second-order valence-electron chi connectivity index (χ2n) is 10.7. The largest absolute Gasteiger partial charge is 0.488 e. The summed E-state index contributed by atoms with van der Waals surface area (Å²) < 4.78 is 17.7. The minimum absolute atomic E-state index is 0.0681. The summed E-state index contributed by atoms with van der Waals surface area (Å²) in [5.41, 5.74) is 4.45. The van der Waals surface area contributed by atoms with Gasteiger partial charge in [-0.3, -0.25) is 4.90 Å². The van der Waals surface area contributed by atoms with Crippen molar-refractivity contribution in [2.45, 2.75) is 58.5 Å². The van der Waals surface area contributed by atoms with Crippen molar-refractivity contribution in [2.24, 2.45) is 0 Å². The predicted molar refractivity (Wildman–Crippen MR) is 144 cm³/mol. The molecule has 2 aliphatic rings. The number of ether oxygens (including phenoxy) is 3. The Kier molecular flexibility index (Phi) is 5.81. The minimum Gasteiger partial charge on any atom is -0.488 e. The second kappa shape index (κ2) is 8.92. The highest BCUT2D eigenvalue weighted by Crippen LogP contribution is 2.42. The third-order valence-electron chi connectivity index (χ3n) is 6.94. The van der Waals surface area contributed by atoms with E-state index >= 15 is 0 Å². The van der Waals surface area contributed by atoms with E-state index in [1.165, 1.54) is 0 Å². The lowest BCUT2D eigenvalue weighted by molar-refractivity contribution is 0.0171. The van der Waals surface area contributed by atoms with Gasteiger partial charge in [0.2, 0.25) is 0 Å². The number of fused-ring (bicyclic) bond motifs is 6. The molecule has 1 fully saturated rings. The maximum atomic E-state index is 13.1. The van der Waals surface area contributed by atoms with Gasteiger partial charge in [0.1, 0.15) is 23.8 Å². The molecule has 2 aliphatic heterocycles. The molecular formula is C29H30ClN3O4. The summed E-state index contributed by atoms with van der Waals surface area (Å²) in [7, 11) is 0. The van der Waals surface area contributed by atoms with Crippen LogP contribution >= 0.6 is 11.6 Å². The van der Waals surface area contributed by atoms with Crippen LogP contribution in [0.3, 0.4) is 0 Å². The first-order valence-corrected chi connectivity index (χ1v) is 13.1. The van der Waals surface area contributed by atoms with E-state index in [1.807, 2.05) is 45.9 Å². The van der Waals surface area contributed by atoms with Crippen LogP contribution in [0.4, 0.5) is 4.79 Å². The highest BCUT2D eigenvalue weighted by atomic mass is 35.5. The summed E-state index contributed by atoms with van der Waals surface area (Å²) >= 11 is 6.20. The molecule has 1 aromatic heterocycles. The zero-order valence-corrected chi connectivity index (χ0v) is 22.2. The van der Waals surface area contributed by atoms with Gasteiger partial charge < -0.3 is 19.2 Å². The number of hydrogen-bond acceptors (Lipinski definition) is 5. The molecule has 3 heterocycles. The van der Waals surface area contributed by atoms with Gasteiger partial charge >= 0.3 is 6.09 Å². The Morgan fingerprint density at radius 1 is 1.19 bits per heavy atom. The maximum absolute atomic E-state index is 13.1. The quantitative estimate of drug-likeness (QED) is 0.315. The number of likely N-dealkylation sites (tertiary alicyclic amines) is 1. The van der Waals surface area contributed by atoms with Crippen LogP contribution in [0.15, 0.2) is 42.5 Å². The van der Waals surface area contributed by atoms with E-state index in [0.29, 0.717) is 31.2 Å². The lowest BCUT2D eigenvalue weighted by atomic mass is 9.94. The van der Waals surface area contributed by atoms with Gasteiger partial charge in [0.15, 0.2) is 0 Å². The molecule has 0 unspecified atom stereocenters. The van der Waals surface area contributed by atoms with Gasteiger partial charge in [0, 0.05) is 29.0 Å². The predicted octanol–water partition coefficient (Wildman–Crippen LogP) is 7.02. The van der Waals surface area contributed by atoms with E-state index in [4.69, 9.17) is 30.8 Å². The van der Waals surface area contributed by atoms with E-state index < -0.39 is 5.60 Å². The third kappa shape index (κ3) is 4.40. The number of halogens is 1. The summed E-state index contributed by atoms with van der Waals surface area (Å²) in [6.07, 6.45) is 0.232. The van der Waals surface area contributed by atoms with Crippen molar-refractivity contribution < 1.29 is 19.0 Å². The molecular weight excluding hydrogens is 490 g/mol. The summed E-state index contributed by atoms with van der Waals surface area (Å²) in [6.45, 7) is 9.12. The van der Waals surface area contributed by atoms with Crippen LogP contribution in [0.1, 0.15) is 51.5 Å². The van der Waals surface area contributed by atoms with Crippen LogP contribution in [-0.2, 0) is 16.1 Å². The first-order valence-electron chi connectivity index (χ1n) is 12.7. The van der Waals surface area contributed by atoms with Crippen molar-refractivity contribution in [3.8, 4) is 16.9 Å². The number of benzene rings is 3. The average molecular weight is 520 g/mol. The van der Waals surface area contributed by atoms with Crippen LogP contribution in [0.5, 0.6) is 5.75 Å². The molecule has 0 spiro atoms. The number of aromatic nitrogens is 2.